The van der Waals surface area contributed by atoms with Crippen molar-refractivity contribution in [3.63, 3.8) is 0 Å². The van der Waals surface area contributed by atoms with Crippen LogP contribution in [0.25, 0.3) is 0 Å². The number of aliphatic hydroxyl groups excluding tert-OH is 1. The summed E-state index contributed by atoms with van der Waals surface area (Å²) >= 11 is 1.46. The van der Waals surface area contributed by atoms with E-state index < -0.39 is 17.7 Å². The summed E-state index contributed by atoms with van der Waals surface area (Å²) in [5.41, 5.74) is 0.857. The van der Waals surface area contributed by atoms with Crippen LogP contribution in [0.3, 0.4) is 0 Å². The Morgan fingerprint density at radius 1 is 1.23 bits per heavy atom. The van der Waals surface area contributed by atoms with Gasteiger partial charge in [-0.1, -0.05) is 31.2 Å². The summed E-state index contributed by atoms with van der Waals surface area (Å²) in [6.07, 6.45) is 0.247. The highest BCUT2D eigenvalue weighted by atomic mass is 32.1. The van der Waals surface area contributed by atoms with Crippen molar-refractivity contribution in [2.45, 2.75) is 19.4 Å². The summed E-state index contributed by atoms with van der Waals surface area (Å²) in [6, 6.07) is 12.3. The first kappa shape index (κ1) is 14.5. The van der Waals surface area contributed by atoms with Gasteiger partial charge in [0.05, 0.1) is 5.57 Å². The number of anilines is 1. The summed E-state index contributed by atoms with van der Waals surface area (Å²) in [5, 5.41) is 12.1. The number of carbonyl (C=O) groups excluding carboxylic acids is 2. The molecule has 1 aromatic carbocycles. The first-order valence-electron chi connectivity index (χ1n) is 7.03. The van der Waals surface area contributed by atoms with Gasteiger partial charge < -0.3 is 5.11 Å². The van der Waals surface area contributed by atoms with Crippen molar-refractivity contribution in [3.8, 4) is 0 Å². The summed E-state index contributed by atoms with van der Waals surface area (Å²) < 4.78 is 0. The number of thiophene rings is 1. The van der Waals surface area contributed by atoms with Crippen molar-refractivity contribution in [2.75, 3.05) is 4.90 Å². The second-order valence-corrected chi connectivity index (χ2v) is 5.95. The van der Waals surface area contributed by atoms with E-state index >= 15 is 0 Å². The van der Waals surface area contributed by atoms with E-state index in [9.17, 15) is 14.7 Å². The van der Waals surface area contributed by atoms with Gasteiger partial charge in [0, 0.05) is 17.0 Å². The van der Waals surface area contributed by atoms with Crippen LogP contribution in [-0.2, 0) is 9.59 Å². The Bertz CT molecular complexity index is 735. The number of nitrogens with zero attached hydrogens (tertiary/aromatic N) is 1. The van der Waals surface area contributed by atoms with E-state index in [-0.39, 0.29) is 17.8 Å². The van der Waals surface area contributed by atoms with Gasteiger partial charge in [-0.25, -0.2) is 0 Å². The molecule has 2 aromatic rings. The fourth-order valence-corrected chi connectivity index (χ4v) is 3.47. The van der Waals surface area contributed by atoms with Gasteiger partial charge >= 0.3 is 0 Å². The second-order valence-electron chi connectivity index (χ2n) is 4.97. The molecule has 22 heavy (non-hydrogen) atoms. The minimum Gasteiger partial charge on any atom is -0.503 e. The van der Waals surface area contributed by atoms with Crippen LogP contribution in [0, 0.1) is 0 Å². The molecule has 0 saturated carbocycles. The predicted molar refractivity (Wildman–Crippen MR) is 85.9 cm³/mol. The van der Waals surface area contributed by atoms with Gasteiger partial charge in [0.1, 0.15) is 6.04 Å². The molecule has 0 spiro atoms. The largest absolute Gasteiger partial charge is 0.503 e. The third-order valence-electron chi connectivity index (χ3n) is 3.68. The van der Waals surface area contributed by atoms with Gasteiger partial charge in [0.15, 0.2) is 11.5 Å². The maximum absolute atomic E-state index is 12.5. The third-order valence-corrected chi connectivity index (χ3v) is 4.60. The quantitative estimate of drug-likeness (QED) is 0.937. The highest BCUT2D eigenvalue weighted by molar-refractivity contribution is 7.10. The van der Waals surface area contributed by atoms with E-state index in [2.05, 4.69) is 0 Å². The van der Waals surface area contributed by atoms with Crippen molar-refractivity contribution in [3.05, 3.63) is 64.1 Å². The molecule has 3 rings (SSSR count). The average Bonchev–Trinajstić information content (AvgIpc) is 3.15. The number of hydrogen-bond donors (Lipinski definition) is 1. The molecule has 1 atom stereocenters. The Morgan fingerprint density at radius 2 is 1.95 bits per heavy atom. The minimum atomic E-state index is -0.553. The molecule has 1 amide bonds. The molecular formula is C17H15NO3S. The molecule has 1 aliphatic rings. The molecule has 1 aliphatic heterocycles. The molecule has 112 valence electrons. The van der Waals surface area contributed by atoms with Gasteiger partial charge in [0.2, 0.25) is 0 Å². The van der Waals surface area contributed by atoms with Gasteiger partial charge in [-0.15, -0.1) is 11.3 Å². The van der Waals surface area contributed by atoms with E-state index in [1.807, 2.05) is 35.7 Å². The van der Waals surface area contributed by atoms with E-state index in [4.69, 9.17) is 0 Å². The van der Waals surface area contributed by atoms with Crippen LogP contribution in [-0.4, -0.2) is 16.8 Å². The number of hydrogen-bond acceptors (Lipinski definition) is 4. The molecule has 0 saturated heterocycles. The van der Waals surface area contributed by atoms with Crippen LogP contribution < -0.4 is 4.90 Å². The molecule has 0 fully saturated rings. The topological polar surface area (TPSA) is 57.6 Å². The molecular weight excluding hydrogens is 298 g/mol. The van der Waals surface area contributed by atoms with Crippen molar-refractivity contribution >= 4 is 28.7 Å². The predicted octanol–water partition coefficient (Wildman–Crippen LogP) is 3.63. The van der Waals surface area contributed by atoms with Crippen LogP contribution in [0.1, 0.15) is 24.3 Å². The Kier molecular flexibility index (Phi) is 3.81. The molecule has 1 N–H and O–H groups in total. The lowest BCUT2D eigenvalue weighted by Gasteiger charge is -2.25. The van der Waals surface area contributed by atoms with Gasteiger partial charge in [-0.2, -0.15) is 0 Å². The Labute approximate surface area is 132 Å². The van der Waals surface area contributed by atoms with Crippen LogP contribution >= 0.6 is 11.3 Å². The Balaban J connectivity index is 2.15. The van der Waals surface area contributed by atoms with Gasteiger partial charge in [-0.05, 0) is 23.6 Å². The zero-order valence-corrected chi connectivity index (χ0v) is 12.8. The average molecular weight is 313 g/mol. The number of amides is 1. The second kappa shape index (κ2) is 5.77. The summed E-state index contributed by atoms with van der Waals surface area (Å²) in [4.78, 5) is 27.1. The standard InChI is InChI=1S/C17H15NO3S/c1-2-12(19)14-15(13-9-6-10-22-13)18(17(21)16(14)20)11-7-4-3-5-8-11/h3-10,15,20H,2H2,1H3. The smallest absolute Gasteiger partial charge is 0.294 e. The molecule has 0 radical (unpaired) electrons. The summed E-state index contributed by atoms with van der Waals surface area (Å²) in [5.74, 6) is -1.17. The molecule has 2 heterocycles. The van der Waals surface area contributed by atoms with Gasteiger partial charge in [0.25, 0.3) is 5.91 Å². The third kappa shape index (κ3) is 2.23. The first-order valence-corrected chi connectivity index (χ1v) is 7.91. The van der Waals surface area contributed by atoms with Crippen molar-refractivity contribution in [2.24, 2.45) is 0 Å². The van der Waals surface area contributed by atoms with Crippen molar-refractivity contribution in [1.29, 1.82) is 0 Å². The lowest BCUT2D eigenvalue weighted by molar-refractivity contribution is -0.118. The summed E-state index contributed by atoms with van der Waals surface area (Å²) in [7, 11) is 0. The first-order chi connectivity index (χ1) is 10.6. The van der Waals surface area contributed by atoms with E-state index in [1.54, 1.807) is 19.1 Å². The molecule has 0 bridgehead atoms. The number of benzene rings is 1. The zero-order chi connectivity index (χ0) is 15.7. The minimum absolute atomic E-state index is 0.193. The molecule has 1 unspecified atom stereocenters. The number of aliphatic hydroxyl groups is 1. The normalized spacial score (nSPS) is 18.1. The number of ketones is 1. The Hall–Kier alpha value is -2.40. The Morgan fingerprint density at radius 3 is 2.55 bits per heavy atom. The maximum atomic E-state index is 12.5. The molecule has 4 nitrogen and oxygen atoms in total. The summed E-state index contributed by atoms with van der Waals surface area (Å²) in [6.45, 7) is 1.73. The molecule has 0 aliphatic carbocycles. The fourth-order valence-electron chi connectivity index (χ4n) is 2.65. The monoisotopic (exact) mass is 313 g/mol. The van der Waals surface area contributed by atoms with E-state index in [0.717, 1.165) is 4.88 Å². The van der Waals surface area contributed by atoms with Crippen molar-refractivity contribution < 1.29 is 14.7 Å². The lowest BCUT2D eigenvalue weighted by Crippen LogP contribution is -2.30. The van der Waals surface area contributed by atoms with Crippen molar-refractivity contribution in [1.82, 2.24) is 0 Å². The molecule has 5 heteroatoms. The number of rotatable bonds is 4. The number of Topliss-reactive ketones (excluding diaryl/α,β-unsaturated/α-hetero) is 1. The fraction of sp³-hybridized carbons (Fsp3) is 0.176. The molecule has 1 aromatic heterocycles. The zero-order valence-electron chi connectivity index (χ0n) is 12.0. The number of para-hydroxylation sites is 1. The van der Waals surface area contributed by atoms with Gasteiger partial charge in [-0.3, -0.25) is 14.5 Å². The van der Waals surface area contributed by atoms with Crippen LogP contribution in [0.2, 0.25) is 0 Å². The van der Waals surface area contributed by atoms with Crippen LogP contribution in [0.4, 0.5) is 5.69 Å². The highest BCUT2D eigenvalue weighted by Gasteiger charge is 2.44. The van der Waals surface area contributed by atoms with E-state index in [0.29, 0.717) is 5.69 Å². The van der Waals surface area contributed by atoms with Crippen LogP contribution in [0.5, 0.6) is 0 Å². The highest BCUT2D eigenvalue weighted by Crippen LogP contribution is 2.42. The SMILES string of the molecule is CCC(=O)C1=C(O)C(=O)N(c2ccccc2)C1c1cccs1. The number of carbonyl (C=O) groups is 2. The van der Waals surface area contributed by atoms with E-state index in [1.165, 1.54) is 16.2 Å². The maximum Gasteiger partial charge on any atom is 0.294 e. The lowest BCUT2D eigenvalue weighted by atomic mass is 10.0. The van der Waals surface area contributed by atoms with Crippen LogP contribution in [0.15, 0.2) is 59.2 Å².